The topological polar surface area (TPSA) is 0 Å². The predicted octanol–water partition coefficient (Wildman–Crippen LogP) is 1.74. The molecule has 0 aromatic carbocycles. The number of hydrogen-bond acceptors (Lipinski definition) is 1. The van der Waals surface area contributed by atoms with E-state index in [0.717, 1.165) is 5.92 Å². The van der Waals surface area contributed by atoms with Crippen LogP contribution in [0.2, 0.25) is 6.32 Å². The van der Waals surface area contributed by atoms with Gasteiger partial charge in [0.2, 0.25) is 0 Å². The first-order chi connectivity index (χ1) is 3.93. The van der Waals surface area contributed by atoms with E-state index < -0.39 is 0 Å². The molecule has 0 radical (unpaired) electrons. The summed E-state index contributed by atoms with van der Waals surface area (Å²) >= 11 is 4.79. The van der Waals surface area contributed by atoms with Gasteiger partial charge in [-0.25, -0.2) is 0 Å². The Hall–Kier alpha value is 0.325. The minimum atomic E-state index is 0.612. The van der Waals surface area contributed by atoms with Crippen molar-refractivity contribution in [2.45, 2.75) is 12.7 Å². The SMILES string of the molecule is S=[PH]=BCC1C=CC1. The Morgan fingerprint density at radius 1 is 1.88 bits per heavy atom. The van der Waals surface area contributed by atoms with Gasteiger partial charge in [0.15, 0.2) is 0 Å². The average molecular weight is 142 g/mol. The summed E-state index contributed by atoms with van der Waals surface area (Å²) in [6, 6.07) is 0. The monoisotopic (exact) mass is 142 g/mol. The van der Waals surface area contributed by atoms with E-state index in [-0.39, 0.29) is 0 Å². The van der Waals surface area contributed by atoms with Gasteiger partial charge in [-0.1, -0.05) is 0 Å². The molecule has 0 amide bonds. The molecule has 1 aliphatic rings. The van der Waals surface area contributed by atoms with E-state index in [2.05, 4.69) is 18.8 Å². The number of rotatable bonds is 2. The van der Waals surface area contributed by atoms with Gasteiger partial charge in [0.05, 0.1) is 0 Å². The zero-order valence-electron chi connectivity index (χ0n) is 4.63. The van der Waals surface area contributed by atoms with E-state index in [1.54, 1.807) is 0 Å². The Bertz CT molecular complexity index is 149. The summed E-state index contributed by atoms with van der Waals surface area (Å²) < 4.78 is 0. The second-order valence-electron chi connectivity index (χ2n) is 1.98. The van der Waals surface area contributed by atoms with E-state index in [9.17, 15) is 0 Å². The third-order valence-corrected chi connectivity index (χ3v) is 2.25. The van der Waals surface area contributed by atoms with Crippen LogP contribution in [0.5, 0.6) is 0 Å². The fourth-order valence-electron chi connectivity index (χ4n) is 0.703. The van der Waals surface area contributed by atoms with Crippen LogP contribution in [0.3, 0.4) is 0 Å². The zero-order valence-corrected chi connectivity index (χ0v) is 6.45. The third-order valence-electron chi connectivity index (χ3n) is 1.35. The van der Waals surface area contributed by atoms with Gasteiger partial charge >= 0.3 is 56.1 Å². The molecule has 0 aliphatic heterocycles. The van der Waals surface area contributed by atoms with E-state index in [1.165, 1.54) is 12.7 Å². The molecule has 1 aliphatic carbocycles. The van der Waals surface area contributed by atoms with Crippen molar-refractivity contribution in [2.24, 2.45) is 5.92 Å². The zero-order chi connectivity index (χ0) is 5.82. The van der Waals surface area contributed by atoms with Crippen LogP contribution in [0.25, 0.3) is 0 Å². The van der Waals surface area contributed by atoms with Gasteiger partial charge in [-0.05, 0) is 0 Å². The standard InChI is InChI=1S/C5H8BPS/c8-7-6-4-5-2-1-3-5/h1-2,5,7H,3-4H2. The van der Waals surface area contributed by atoms with Gasteiger partial charge in [0, 0.05) is 0 Å². The van der Waals surface area contributed by atoms with Crippen molar-refractivity contribution >= 4 is 25.3 Å². The van der Waals surface area contributed by atoms with Gasteiger partial charge in [-0.3, -0.25) is 0 Å². The molecular weight excluding hydrogens is 134 g/mol. The van der Waals surface area contributed by atoms with Crippen molar-refractivity contribution < 1.29 is 0 Å². The van der Waals surface area contributed by atoms with Crippen LogP contribution in [0.4, 0.5) is 0 Å². The van der Waals surface area contributed by atoms with Gasteiger partial charge in [0.1, 0.15) is 0 Å². The molecule has 0 fully saturated rings. The fourth-order valence-corrected chi connectivity index (χ4v) is 1.39. The molecule has 0 aromatic rings. The van der Waals surface area contributed by atoms with Crippen molar-refractivity contribution in [3.05, 3.63) is 12.2 Å². The Morgan fingerprint density at radius 2 is 2.62 bits per heavy atom. The molecule has 0 nitrogen and oxygen atoms in total. The molecule has 1 rings (SSSR count). The Labute approximate surface area is 56.6 Å². The molecule has 2 unspecified atom stereocenters. The van der Waals surface area contributed by atoms with Crippen molar-refractivity contribution in [1.29, 1.82) is 0 Å². The molecule has 0 saturated heterocycles. The summed E-state index contributed by atoms with van der Waals surface area (Å²) in [5.74, 6) is 0.838. The Morgan fingerprint density at radius 3 is 3.00 bits per heavy atom. The number of hydrogen-bond donors (Lipinski definition) is 0. The summed E-state index contributed by atoms with van der Waals surface area (Å²) in [4.78, 5) is 0. The van der Waals surface area contributed by atoms with Crippen LogP contribution in [-0.4, -0.2) is 6.62 Å². The first-order valence-electron chi connectivity index (χ1n) is 2.79. The van der Waals surface area contributed by atoms with Crippen LogP contribution in [0.15, 0.2) is 12.2 Å². The van der Waals surface area contributed by atoms with Crippen molar-refractivity contribution in [1.82, 2.24) is 0 Å². The van der Waals surface area contributed by atoms with E-state index >= 15 is 0 Å². The summed E-state index contributed by atoms with van der Waals surface area (Å²) in [5.41, 5.74) is 0. The van der Waals surface area contributed by atoms with Crippen LogP contribution >= 0.6 is 6.85 Å². The Balaban J connectivity index is 2.20. The minimum absolute atomic E-state index is 0.612. The maximum atomic E-state index is 4.79. The van der Waals surface area contributed by atoms with Crippen LogP contribution in [0, 0.1) is 5.92 Å². The second kappa shape index (κ2) is 3.37. The van der Waals surface area contributed by atoms with Crippen LogP contribution in [0.1, 0.15) is 6.42 Å². The van der Waals surface area contributed by atoms with Gasteiger partial charge < -0.3 is 0 Å². The quantitative estimate of drug-likeness (QED) is 0.321. The Kier molecular flexibility index (Phi) is 2.71. The molecule has 42 valence electrons. The molecule has 0 saturated carbocycles. The summed E-state index contributed by atoms with van der Waals surface area (Å²) in [7, 11) is 0. The molecule has 0 N–H and O–H groups in total. The van der Waals surface area contributed by atoms with Crippen molar-refractivity contribution in [3.8, 4) is 0 Å². The molecule has 0 heterocycles. The van der Waals surface area contributed by atoms with Gasteiger partial charge in [-0.15, -0.1) is 0 Å². The molecule has 3 heteroatoms. The van der Waals surface area contributed by atoms with Crippen LogP contribution in [-0.2, 0) is 11.8 Å². The molecule has 8 heavy (non-hydrogen) atoms. The van der Waals surface area contributed by atoms with Crippen molar-refractivity contribution in [3.63, 3.8) is 0 Å². The first-order valence-corrected chi connectivity index (χ1v) is 5.00. The van der Waals surface area contributed by atoms with Crippen LogP contribution < -0.4 is 0 Å². The first kappa shape index (κ1) is 6.45. The second-order valence-corrected chi connectivity index (χ2v) is 3.33. The third kappa shape index (κ3) is 1.68. The summed E-state index contributed by atoms with van der Waals surface area (Å²) in [5, 5.41) is 0. The summed E-state index contributed by atoms with van der Waals surface area (Å²) in [6.45, 7) is 2.81. The average Bonchev–Trinajstić information content (AvgIpc) is 1.63. The fraction of sp³-hybridized carbons (Fsp3) is 0.600. The van der Waals surface area contributed by atoms with Gasteiger partial charge in [-0.2, -0.15) is 0 Å². The van der Waals surface area contributed by atoms with E-state index in [4.69, 9.17) is 11.8 Å². The van der Waals surface area contributed by atoms with Gasteiger partial charge in [0.25, 0.3) is 0 Å². The number of allylic oxidation sites excluding steroid dienone is 2. The molecule has 2 atom stereocenters. The predicted molar refractivity (Wildman–Crippen MR) is 43.5 cm³/mol. The van der Waals surface area contributed by atoms with E-state index in [0.29, 0.717) is 6.85 Å². The van der Waals surface area contributed by atoms with Crippen molar-refractivity contribution in [2.75, 3.05) is 0 Å². The normalized spacial score (nSPS) is 24.8. The molecule has 0 bridgehead atoms. The van der Waals surface area contributed by atoms with E-state index in [1.807, 2.05) is 0 Å². The summed E-state index contributed by atoms with van der Waals surface area (Å²) in [6.07, 6.45) is 6.95. The molecule has 0 spiro atoms. The molecular formula is C5H8BPS. The molecule has 0 aromatic heterocycles. The maximum absolute atomic E-state index is 4.79.